The van der Waals surface area contributed by atoms with Crippen molar-refractivity contribution in [3.8, 4) is 0 Å². The van der Waals surface area contributed by atoms with Gasteiger partial charge in [0.05, 0.1) is 46.6 Å². The Bertz CT molecular complexity index is 4390. The highest BCUT2D eigenvalue weighted by atomic mass is 32.2. The Labute approximate surface area is 578 Å². The van der Waals surface area contributed by atoms with Crippen LogP contribution in [0.15, 0.2) is 78.1 Å². The number of anilines is 5. The van der Waals surface area contributed by atoms with Gasteiger partial charge in [-0.25, -0.2) is 61.5 Å². The first-order chi connectivity index (χ1) is 48.0. The van der Waals surface area contributed by atoms with Gasteiger partial charge in [0.25, 0.3) is 11.4 Å². The Morgan fingerprint density at radius 3 is 1.29 bits per heavy atom. The maximum absolute atomic E-state index is 14.6. The van der Waals surface area contributed by atoms with Gasteiger partial charge in [0, 0.05) is 100 Å². The Morgan fingerprint density at radius 1 is 0.534 bits per heavy atom. The largest absolute Gasteiger partial charge is 0.465 e. The van der Waals surface area contributed by atoms with Crippen molar-refractivity contribution < 1.29 is 106 Å². The SMILES string of the molecule is COC(=O)c1cc([N+](=O)[O-])c(F)cc1F.COC(=O)c1cc([N+](=O)[O-])c(N2CCN(c3nccc(C(F)(F)F)n3)[C@H](C(C)C)C2=O)cc1F.COC(=O)c1cc([N+](=O)[O-])c(N2CCN(c3nccc(C(F)(F)F)n3)[C@H](C(C)C)C2=O)cc1S(C)(=O)=O.Cc1ccnc(N2CCNC(=O)[C@H]2C(C)C)n1. The van der Waals surface area contributed by atoms with Crippen molar-refractivity contribution in [1.82, 2.24) is 35.2 Å². The fraction of sp³-hybridized carbons (Fsp3) is 0.410. The number of piperazine rings is 3. The molecule has 32 nitrogen and oxygen atoms in total. The Morgan fingerprint density at radius 2 is 0.903 bits per heavy atom. The van der Waals surface area contributed by atoms with Crippen LogP contribution in [0.1, 0.15) is 89.7 Å². The van der Waals surface area contributed by atoms with E-state index in [1.165, 1.54) is 9.80 Å². The summed E-state index contributed by atoms with van der Waals surface area (Å²) in [6.45, 7) is 13.2. The fourth-order valence-corrected chi connectivity index (χ4v) is 11.6. The highest BCUT2D eigenvalue weighted by Gasteiger charge is 2.45. The van der Waals surface area contributed by atoms with E-state index in [9.17, 15) is 107 Å². The predicted molar refractivity (Wildman–Crippen MR) is 343 cm³/mol. The van der Waals surface area contributed by atoms with E-state index in [-0.39, 0.29) is 62.0 Å². The van der Waals surface area contributed by atoms with Gasteiger partial charge in [-0.05, 0) is 48.9 Å². The van der Waals surface area contributed by atoms with Gasteiger partial charge in [0.2, 0.25) is 41.4 Å². The maximum atomic E-state index is 14.6. The number of carbonyl (C=O) groups is 6. The number of sulfone groups is 1. The number of carbonyl (C=O) groups excluding carboxylic acids is 6. The average Bonchev–Trinajstić information content (AvgIpc) is 0.761. The zero-order valence-corrected chi connectivity index (χ0v) is 57.0. The van der Waals surface area contributed by atoms with Crippen LogP contribution in [-0.4, -0.2) is 174 Å². The second-order valence-electron chi connectivity index (χ2n) is 23.4. The lowest BCUT2D eigenvalue weighted by Crippen LogP contribution is -2.60. The normalized spacial score (nSPS) is 16.4. The molecule has 3 aromatic carbocycles. The van der Waals surface area contributed by atoms with Crippen molar-refractivity contribution in [2.75, 3.05) is 91.4 Å². The van der Waals surface area contributed by atoms with E-state index in [0.29, 0.717) is 42.8 Å². The number of ether oxygens (including phenoxy) is 3. The minimum Gasteiger partial charge on any atom is -0.465 e. The number of nitrogens with one attached hydrogen (secondary N) is 1. The molecule has 6 heterocycles. The topological polar surface area (TPSA) is 399 Å². The van der Waals surface area contributed by atoms with Gasteiger partial charge in [-0.15, -0.1) is 0 Å². The number of nitro benzene ring substituents is 3. The molecule has 3 saturated heterocycles. The number of alkyl halides is 6. The maximum Gasteiger partial charge on any atom is 0.433 e. The number of hydrogen-bond donors (Lipinski definition) is 1. The van der Waals surface area contributed by atoms with E-state index in [4.69, 9.17) is 0 Å². The van der Waals surface area contributed by atoms with E-state index < -0.39 is 169 Å². The molecule has 42 heteroatoms. The van der Waals surface area contributed by atoms with Crippen LogP contribution >= 0.6 is 0 Å². The molecule has 0 bridgehead atoms. The van der Waals surface area contributed by atoms with Crippen LogP contribution in [0, 0.1) is 72.5 Å². The third-order valence-corrected chi connectivity index (χ3v) is 16.5. The monoisotopic (exact) mass is 1480 g/mol. The summed E-state index contributed by atoms with van der Waals surface area (Å²) in [5, 5.41) is 36.7. The van der Waals surface area contributed by atoms with Crippen LogP contribution in [0.4, 0.5) is 85.8 Å². The van der Waals surface area contributed by atoms with E-state index in [2.05, 4.69) is 49.4 Å². The molecule has 3 aliphatic heterocycles. The number of aromatic nitrogens is 6. The minimum absolute atomic E-state index is 0.0661. The zero-order valence-electron chi connectivity index (χ0n) is 56.1. The average molecular weight is 1480 g/mol. The molecule has 3 atom stereocenters. The molecule has 0 spiro atoms. The number of benzene rings is 3. The summed E-state index contributed by atoms with van der Waals surface area (Å²) in [4.78, 5) is 134. The van der Waals surface area contributed by atoms with Crippen molar-refractivity contribution in [2.24, 2.45) is 17.8 Å². The van der Waals surface area contributed by atoms with Gasteiger partial charge in [-0.1, -0.05) is 41.5 Å². The van der Waals surface area contributed by atoms with Gasteiger partial charge in [0.1, 0.15) is 63.6 Å². The highest BCUT2D eigenvalue weighted by Crippen LogP contribution is 2.40. The molecule has 6 aromatic rings. The van der Waals surface area contributed by atoms with Crippen molar-refractivity contribution >= 4 is 91.7 Å². The number of halogens is 9. The Hall–Kier alpha value is -11.4. The first-order valence-electron chi connectivity index (χ1n) is 30.2. The lowest BCUT2D eigenvalue weighted by atomic mass is 9.98. The Balaban J connectivity index is 0.000000230. The molecular formula is C61H64F9N15O17S. The van der Waals surface area contributed by atoms with Crippen LogP contribution in [0.5, 0.6) is 0 Å². The number of rotatable bonds is 15. The van der Waals surface area contributed by atoms with Crippen molar-refractivity contribution in [3.05, 3.63) is 155 Å². The van der Waals surface area contributed by atoms with Crippen LogP contribution < -0.4 is 29.8 Å². The van der Waals surface area contributed by atoms with Crippen LogP contribution in [0.2, 0.25) is 0 Å². The Kier molecular flexibility index (Phi) is 25.8. The summed E-state index contributed by atoms with van der Waals surface area (Å²) in [5.74, 6) is -9.26. The number of nitrogens with zero attached hydrogens (tertiary/aromatic N) is 14. The van der Waals surface area contributed by atoms with Gasteiger partial charge in [-0.3, -0.25) is 44.7 Å². The van der Waals surface area contributed by atoms with Gasteiger partial charge in [0.15, 0.2) is 9.84 Å². The first kappa shape index (κ1) is 80.6. The first-order valence-corrected chi connectivity index (χ1v) is 32.1. The number of esters is 3. The quantitative estimate of drug-likeness (QED) is 0.0333. The molecule has 554 valence electrons. The standard InChI is InChI=1S/C21H22F3N5O7S.C20H19F4N5O5.C12H18N4O.C8H5F2NO4/c1-11(2)17-18(30)27(7-8-28(17)20-25-6-5-16(26-20)21(22,23)24)13-10-15(37(4,34)35)12(19(31)36-3)9-14(13)29(32)33;1-10(2)16-17(30)27(6-7-28(16)19-25-5-4-15(26-19)20(22,23)24)13-9-12(21)11(18(31)34-3)8-14(13)29(32)33;1-8(2)10-11(17)13-6-7-16(10)12-14-5-4-9(3)15-12;1-15-8(12)4-2-7(11(13)14)6(10)3-5(4)9/h5-6,9-11,17H,7-8H2,1-4H3;4-5,8-10,16H,6-7H2,1-3H3;4-5,8,10H,6-7H2,1-3H3,(H,13,17);2-3H,1H3/t17-;16-;10-;/m111./s1. The number of nitro groups is 3. The molecule has 3 fully saturated rings. The van der Waals surface area contributed by atoms with E-state index >= 15 is 0 Å². The van der Waals surface area contributed by atoms with Crippen LogP contribution in [0.3, 0.4) is 0 Å². The number of aryl methyl sites for hydroxylation is 1. The molecule has 3 aliphatic rings. The predicted octanol–water partition coefficient (Wildman–Crippen LogP) is 8.08. The molecular weight excluding hydrogens is 1420 g/mol. The molecule has 3 amide bonds. The second kappa shape index (κ2) is 33.0. The van der Waals surface area contributed by atoms with E-state index in [0.717, 1.165) is 74.2 Å². The summed E-state index contributed by atoms with van der Waals surface area (Å²) < 4.78 is 157. The lowest BCUT2D eigenvalue weighted by Gasteiger charge is -2.42. The smallest absolute Gasteiger partial charge is 0.433 e. The summed E-state index contributed by atoms with van der Waals surface area (Å²) in [6, 6.07) is 4.53. The van der Waals surface area contributed by atoms with Gasteiger partial charge in [-0.2, -0.15) is 30.7 Å². The summed E-state index contributed by atoms with van der Waals surface area (Å²) >= 11 is 0. The molecule has 103 heavy (non-hydrogen) atoms. The third kappa shape index (κ3) is 18.8. The fourth-order valence-electron chi connectivity index (χ4n) is 10.8. The highest BCUT2D eigenvalue weighted by molar-refractivity contribution is 7.90. The summed E-state index contributed by atoms with van der Waals surface area (Å²) in [5.41, 5.74) is -6.60. The number of hydrogen-bond acceptors (Lipinski definition) is 26. The molecule has 0 saturated carbocycles. The molecule has 9 rings (SSSR count). The molecule has 0 unspecified atom stereocenters. The van der Waals surface area contributed by atoms with Crippen molar-refractivity contribution in [3.63, 3.8) is 0 Å². The van der Waals surface area contributed by atoms with Crippen molar-refractivity contribution in [2.45, 2.75) is 83.8 Å². The molecule has 0 radical (unpaired) electrons. The van der Waals surface area contributed by atoms with Crippen molar-refractivity contribution in [1.29, 1.82) is 0 Å². The van der Waals surface area contributed by atoms with E-state index in [1.54, 1.807) is 33.9 Å². The summed E-state index contributed by atoms with van der Waals surface area (Å²) in [7, 11) is -1.18. The molecule has 3 aromatic heterocycles. The molecule has 1 N–H and O–H groups in total. The lowest BCUT2D eigenvalue weighted by molar-refractivity contribution is -0.387. The number of methoxy groups -OCH3 is 3. The number of amides is 3. The third-order valence-electron chi connectivity index (χ3n) is 15.4. The van der Waals surface area contributed by atoms with Gasteiger partial charge < -0.3 is 44.0 Å². The molecule has 0 aliphatic carbocycles. The minimum atomic E-state index is -4.75. The second-order valence-corrected chi connectivity index (χ2v) is 25.3. The zero-order chi connectivity index (χ0) is 77.2. The van der Waals surface area contributed by atoms with Gasteiger partial charge >= 0.3 is 35.9 Å². The van der Waals surface area contributed by atoms with Crippen LogP contribution in [0.25, 0.3) is 0 Å². The van der Waals surface area contributed by atoms with Crippen LogP contribution in [-0.2, 0) is 50.8 Å². The summed E-state index contributed by atoms with van der Waals surface area (Å²) in [6.07, 6.45) is -5.12. The van der Waals surface area contributed by atoms with E-state index in [1.807, 2.05) is 31.7 Å².